The molecule has 2 aromatic rings. The summed E-state index contributed by atoms with van der Waals surface area (Å²) in [4.78, 5) is 24.9. The molecule has 2 amide bonds. The van der Waals surface area contributed by atoms with Crippen LogP contribution >= 0.6 is 0 Å². The zero-order chi connectivity index (χ0) is 18.6. The second kappa shape index (κ2) is 7.88. The number of rotatable bonds is 5. The van der Waals surface area contributed by atoms with Gasteiger partial charge in [0, 0.05) is 25.6 Å². The summed E-state index contributed by atoms with van der Waals surface area (Å²) < 4.78 is 27.8. The van der Waals surface area contributed by atoms with Crippen LogP contribution in [-0.4, -0.2) is 18.4 Å². The van der Waals surface area contributed by atoms with Gasteiger partial charge < -0.3 is 10.2 Å². The van der Waals surface area contributed by atoms with Crippen molar-refractivity contribution in [1.82, 2.24) is 0 Å². The zero-order valence-corrected chi connectivity index (χ0v) is 14.4. The molecule has 2 aromatic carbocycles. The number of aryl methyl sites for hydroxylation is 1. The quantitative estimate of drug-likeness (QED) is 0.891. The number of halogens is 2. The Morgan fingerprint density at radius 3 is 2.24 bits per heavy atom. The van der Waals surface area contributed by atoms with Crippen LogP contribution in [0, 0.1) is 25.5 Å². The highest BCUT2D eigenvalue weighted by atomic mass is 19.1. The van der Waals surface area contributed by atoms with Crippen molar-refractivity contribution in [2.45, 2.75) is 27.2 Å². The molecular formula is C19H20F2N2O2. The zero-order valence-electron chi connectivity index (χ0n) is 14.4. The van der Waals surface area contributed by atoms with Gasteiger partial charge in [0.2, 0.25) is 11.8 Å². The van der Waals surface area contributed by atoms with Gasteiger partial charge in [-0.05, 0) is 43.2 Å². The van der Waals surface area contributed by atoms with Crippen LogP contribution in [0.4, 0.5) is 20.2 Å². The SMILES string of the molecule is CC(=O)N(CCC(=O)Nc1cccc(C)c1C)c1c(F)cccc1F. The molecule has 1 N–H and O–H groups in total. The lowest BCUT2D eigenvalue weighted by molar-refractivity contribution is -0.117. The van der Waals surface area contributed by atoms with E-state index in [2.05, 4.69) is 5.32 Å². The normalized spacial score (nSPS) is 10.4. The Bertz CT molecular complexity index is 786. The number of carbonyl (C=O) groups is 2. The molecule has 0 unspecified atom stereocenters. The van der Waals surface area contributed by atoms with Crippen LogP contribution in [0.3, 0.4) is 0 Å². The van der Waals surface area contributed by atoms with Crippen LogP contribution in [0.15, 0.2) is 36.4 Å². The maximum atomic E-state index is 13.9. The van der Waals surface area contributed by atoms with Gasteiger partial charge in [-0.25, -0.2) is 8.78 Å². The molecule has 0 aliphatic heterocycles. The lowest BCUT2D eigenvalue weighted by Gasteiger charge is -2.22. The highest BCUT2D eigenvalue weighted by Gasteiger charge is 2.21. The van der Waals surface area contributed by atoms with Crippen molar-refractivity contribution >= 4 is 23.2 Å². The van der Waals surface area contributed by atoms with Crippen molar-refractivity contribution in [3.05, 3.63) is 59.2 Å². The number of nitrogens with one attached hydrogen (secondary N) is 1. The van der Waals surface area contributed by atoms with Crippen molar-refractivity contribution in [3.63, 3.8) is 0 Å². The summed E-state index contributed by atoms with van der Waals surface area (Å²) in [5.41, 5.74) is 2.22. The van der Waals surface area contributed by atoms with Crippen LogP contribution in [0.1, 0.15) is 24.5 Å². The van der Waals surface area contributed by atoms with Crippen molar-refractivity contribution in [1.29, 1.82) is 0 Å². The summed E-state index contributed by atoms with van der Waals surface area (Å²) in [5.74, 6) is -2.56. The van der Waals surface area contributed by atoms with E-state index in [1.807, 2.05) is 26.0 Å². The first-order valence-corrected chi connectivity index (χ1v) is 7.89. The molecule has 6 heteroatoms. The molecule has 0 atom stereocenters. The second-order valence-electron chi connectivity index (χ2n) is 5.79. The molecule has 0 saturated carbocycles. The molecule has 132 valence electrons. The summed E-state index contributed by atoms with van der Waals surface area (Å²) in [7, 11) is 0. The van der Waals surface area contributed by atoms with Gasteiger partial charge in [0.05, 0.1) is 0 Å². The van der Waals surface area contributed by atoms with E-state index in [4.69, 9.17) is 0 Å². The topological polar surface area (TPSA) is 49.4 Å². The highest BCUT2D eigenvalue weighted by molar-refractivity contribution is 5.95. The van der Waals surface area contributed by atoms with Crippen LogP contribution in [0.5, 0.6) is 0 Å². The van der Waals surface area contributed by atoms with Crippen LogP contribution in [0.2, 0.25) is 0 Å². The second-order valence-corrected chi connectivity index (χ2v) is 5.79. The lowest BCUT2D eigenvalue weighted by Crippen LogP contribution is -2.33. The third-order valence-electron chi connectivity index (χ3n) is 4.03. The van der Waals surface area contributed by atoms with E-state index in [0.29, 0.717) is 5.69 Å². The van der Waals surface area contributed by atoms with E-state index in [1.54, 1.807) is 6.07 Å². The van der Waals surface area contributed by atoms with Gasteiger partial charge in [-0.1, -0.05) is 18.2 Å². The van der Waals surface area contributed by atoms with E-state index in [9.17, 15) is 18.4 Å². The minimum absolute atomic E-state index is 0.0826. The number of carbonyl (C=O) groups excluding carboxylic acids is 2. The van der Waals surface area contributed by atoms with Gasteiger partial charge in [-0.15, -0.1) is 0 Å². The summed E-state index contributed by atoms with van der Waals surface area (Å²) in [6.07, 6.45) is -0.0826. The summed E-state index contributed by atoms with van der Waals surface area (Å²) in [6, 6.07) is 8.91. The molecule has 2 rings (SSSR count). The Balaban J connectivity index is 2.10. The highest BCUT2D eigenvalue weighted by Crippen LogP contribution is 2.24. The molecule has 0 aliphatic rings. The van der Waals surface area contributed by atoms with Crippen molar-refractivity contribution in [3.8, 4) is 0 Å². The molecule has 0 heterocycles. The first-order valence-electron chi connectivity index (χ1n) is 7.89. The molecule has 0 spiro atoms. The molecule has 0 bridgehead atoms. The van der Waals surface area contributed by atoms with Gasteiger partial charge in [0.15, 0.2) is 0 Å². The summed E-state index contributed by atoms with van der Waals surface area (Å²) >= 11 is 0. The largest absolute Gasteiger partial charge is 0.326 e. The first kappa shape index (κ1) is 18.6. The number of benzene rings is 2. The van der Waals surface area contributed by atoms with Crippen LogP contribution in [-0.2, 0) is 9.59 Å². The smallest absolute Gasteiger partial charge is 0.226 e. The molecule has 0 saturated heterocycles. The minimum Gasteiger partial charge on any atom is -0.326 e. The summed E-state index contributed by atoms with van der Waals surface area (Å²) in [5, 5.41) is 2.76. The Labute approximate surface area is 145 Å². The van der Waals surface area contributed by atoms with E-state index in [-0.39, 0.29) is 18.9 Å². The predicted molar refractivity (Wildman–Crippen MR) is 93.5 cm³/mol. The average molecular weight is 346 g/mol. The van der Waals surface area contributed by atoms with Crippen molar-refractivity contribution < 1.29 is 18.4 Å². The van der Waals surface area contributed by atoms with Gasteiger partial charge in [-0.3, -0.25) is 9.59 Å². The number of para-hydroxylation sites is 1. The Morgan fingerprint density at radius 1 is 1.04 bits per heavy atom. The number of amides is 2. The predicted octanol–water partition coefficient (Wildman–Crippen LogP) is 3.96. The molecule has 0 radical (unpaired) electrons. The van der Waals surface area contributed by atoms with Gasteiger partial charge in [0.1, 0.15) is 17.3 Å². The number of anilines is 2. The fraction of sp³-hybridized carbons (Fsp3) is 0.263. The molecule has 0 aliphatic carbocycles. The Kier molecular flexibility index (Phi) is 5.85. The molecule has 25 heavy (non-hydrogen) atoms. The monoisotopic (exact) mass is 346 g/mol. The Hall–Kier alpha value is -2.76. The molecular weight excluding hydrogens is 326 g/mol. The fourth-order valence-corrected chi connectivity index (χ4v) is 2.49. The van der Waals surface area contributed by atoms with Gasteiger partial charge >= 0.3 is 0 Å². The van der Waals surface area contributed by atoms with Gasteiger partial charge in [0.25, 0.3) is 0 Å². The fourth-order valence-electron chi connectivity index (χ4n) is 2.49. The maximum Gasteiger partial charge on any atom is 0.226 e. The van der Waals surface area contributed by atoms with Crippen LogP contribution < -0.4 is 10.2 Å². The van der Waals surface area contributed by atoms with E-state index < -0.39 is 23.2 Å². The first-order chi connectivity index (χ1) is 11.8. The lowest BCUT2D eigenvalue weighted by atomic mass is 10.1. The third-order valence-corrected chi connectivity index (χ3v) is 4.03. The number of nitrogens with zero attached hydrogens (tertiary/aromatic N) is 1. The molecule has 0 aromatic heterocycles. The van der Waals surface area contributed by atoms with Crippen LogP contribution in [0.25, 0.3) is 0 Å². The van der Waals surface area contributed by atoms with Crippen molar-refractivity contribution in [2.24, 2.45) is 0 Å². The molecule has 0 fully saturated rings. The number of hydrogen-bond acceptors (Lipinski definition) is 2. The molecule has 4 nitrogen and oxygen atoms in total. The maximum absolute atomic E-state index is 13.9. The number of hydrogen-bond donors (Lipinski definition) is 1. The van der Waals surface area contributed by atoms with Crippen molar-refractivity contribution in [2.75, 3.05) is 16.8 Å². The summed E-state index contributed by atoms with van der Waals surface area (Å²) in [6.45, 7) is 4.91. The van der Waals surface area contributed by atoms with E-state index >= 15 is 0 Å². The van der Waals surface area contributed by atoms with Gasteiger partial charge in [-0.2, -0.15) is 0 Å². The minimum atomic E-state index is -0.842. The van der Waals surface area contributed by atoms with E-state index in [0.717, 1.165) is 28.2 Å². The standard InChI is InChI=1S/C19H20F2N2O2/c1-12-6-4-9-17(13(12)2)22-18(25)10-11-23(14(3)24)19-15(20)7-5-8-16(19)21/h4-9H,10-11H2,1-3H3,(H,22,25). The third kappa shape index (κ3) is 4.41. The Morgan fingerprint density at radius 2 is 1.64 bits per heavy atom. The van der Waals surface area contributed by atoms with E-state index in [1.165, 1.54) is 13.0 Å². The average Bonchev–Trinajstić information content (AvgIpc) is 2.54.